The average Bonchev–Trinajstić information content (AvgIpc) is 2.34. The van der Waals surface area contributed by atoms with Crippen molar-refractivity contribution in [3.8, 4) is 0 Å². The molecule has 1 rings (SSSR count). The number of nitrogens with one attached hydrogen (secondary N) is 2. The summed E-state index contributed by atoms with van der Waals surface area (Å²) < 4.78 is 0. The Hall–Kier alpha value is -1.91. The van der Waals surface area contributed by atoms with Gasteiger partial charge in [-0.05, 0) is 26.7 Å². The number of hydrogen-bond donors (Lipinski definition) is 2. The molecule has 104 valence electrons. The quantitative estimate of drug-likeness (QED) is 0.455. The van der Waals surface area contributed by atoms with E-state index in [4.69, 9.17) is 0 Å². The molecule has 2 N–H and O–H groups in total. The summed E-state index contributed by atoms with van der Waals surface area (Å²) in [6, 6.07) is 0. The highest BCUT2D eigenvalue weighted by Crippen LogP contribution is 2.18. The summed E-state index contributed by atoms with van der Waals surface area (Å²) in [5.74, 6) is -1.05. The molecule has 0 radical (unpaired) electrons. The van der Waals surface area contributed by atoms with Gasteiger partial charge in [-0.1, -0.05) is 25.2 Å². The fourth-order valence-electron chi connectivity index (χ4n) is 1.88. The largest absolute Gasteiger partial charge is 0.338 e. The van der Waals surface area contributed by atoms with Crippen molar-refractivity contribution < 1.29 is 14.4 Å². The van der Waals surface area contributed by atoms with Crippen LogP contribution in [0.15, 0.2) is 23.8 Å². The minimum Gasteiger partial charge on any atom is -0.338 e. The van der Waals surface area contributed by atoms with Gasteiger partial charge in [0, 0.05) is 12.0 Å². The van der Waals surface area contributed by atoms with E-state index in [1.165, 1.54) is 0 Å². The number of allylic oxidation sites excluding steroid dienone is 2. The van der Waals surface area contributed by atoms with Crippen molar-refractivity contribution in [1.29, 1.82) is 0 Å². The normalized spacial score (nSPS) is 24.5. The number of piperidine rings is 1. The van der Waals surface area contributed by atoms with Crippen molar-refractivity contribution >= 4 is 17.7 Å². The minimum absolute atomic E-state index is 0.235. The molecule has 5 nitrogen and oxygen atoms in total. The average molecular weight is 264 g/mol. The summed E-state index contributed by atoms with van der Waals surface area (Å²) in [4.78, 5) is 35.1. The van der Waals surface area contributed by atoms with Gasteiger partial charge in [-0.25, -0.2) is 0 Å². The van der Waals surface area contributed by atoms with E-state index in [0.29, 0.717) is 12.0 Å². The second-order valence-corrected chi connectivity index (χ2v) is 4.73. The van der Waals surface area contributed by atoms with Gasteiger partial charge < -0.3 is 5.32 Å². The lowest BCUT2D eigenvalue weighted by Crippen LogP contribution is -2.61. The van der Waals surface area contributed by atoms with Crippen LogP contribution in [0.4, 0.5) is 0 Å². The van der Waals surface area contributed by atoms with E-state index in [1.807, 2.05) is 13.8 Å². The molecule has 0 aliphatic carbocycles. The third-order valence-corrected chi connectivity index (χ3v) is 3.03. The van der Waals surface area contributed by atoms with Gasteiger partial charge in [0.1, 0.15) is 5.54 Å². The van der Waals surface area contributed by atoms with Crippen molar-refractivity contribution in [2.75, 3.05) is 0 Å². The third kappa shape index (κ3) is 3.77. The van der Waals surface area contributed by atoms with E-state index in [-0.39, 0.29) is 18.2 Å². The summed E-state index contributed by atoms with van der Waals surface area (Å²) in [6.45, 7) is 5.39. The topological polar surface area (TPSA) is 75.3 Å². The molecular formula is C14H20N2O3. The number of hydrogen-bond acceptors (Lipinski definition) is 3. The van der Waals surface area contributed by atoms with Gasteiger partial charge in [0.05, 0.1) is 0 Å². The molecule has 0 bridgehead atoms. The molecule has 1 unspecified atom stereocenters. The molecule has 0 saturated carbocycles. The van der Waals surface area contributed by atoms with Crippen LogP contribution in [0.5, 0.6) is 0 Å². The van der Waals surface area contributed by atoms with Crippen LogP contribution in [0.1, 0.15) is 40.0 Å². The first kappa shape index (κ1) is 15.1. The zero-order chi connectivity index (χ0) is 14.5. The highest BCUT2D eigenvalue weighted by molar-refractivity contribution is 6.06. The van der Waals surface area contributed by atoms with Crippen LogP contribution < -0.4 is 10.6 Å². The zero-order valence-corrected chi connectivity index (χ0v) is 11.6. The Labute approximate surface area is 113 Å². The summed E-state index contributed by atoms with van der Waals surface area (Å²) in [6.07, 6.45) is 6.55. The standard InChI is InChI=1S/C14H20N2O3/c1-4-6-10(7-5-2)12(18)16-14(3)9-8-11(17)15-13(14)19/h4,6-7H,5,8-9H2,1-3H3,(H,16,18)(H,15,17,19)/b6-4?,10-7+. The van der Waals surface area contributed by atoms with E-state index in [1.54, 1.807) is 25.2 Å². The summed E-state index contributed by atoms with van der Waals surface area (Å²) in [5, 5.41) is 4.96. The smallest absolute Gasteiger partial charge is 0.252 e. The lowest BCUT2D eigenvalue weighted by molar-refractivity contribution is -0.140. The Bertz CT molecular complexity index is 452. The molecular weight excluding hydrogens is 244 g/mol. The second kappa shape index (κ2) is 6.31. The molecule has 0 spiro atoms. The van der Waals surface area contributed by atoms with Crippen LogP contribution in [0.2, 0.25) is 0 Å². The van der Waals surface area contributed by atoms with Crippen LogP contribution in [-0.4, -0.2) is 23.3 Å². The minimum atomic E-state index is -1.03. The molecule has 0 aromatic rings. The van der Waals surface area contributed by atoms with Crippen molar-refractivity contribution in [3.05, 3.63) is 23.8 Å². The van der Waals surface area contributed by atoms with Gasteiger partial charge >= 0.3 is 0 Å². The molecule has 1 heterocycles. The third-order valence-electron chi connectivity index (χ3n) is 3.03. The molecule has 3 amide bonds. The van der Waals surface area contributed by atoms with Crippen LogP contribution >= 0.6 is 0 Å². The van der Waals surface area contributed by atoms with E-state index in [9.17, 15) is 14.4 Å². The Morgan fingerprint density at radius 2 is 2.16 bits per heavy atom. The first-order chi connectivity index (χ1) is 8.92. The van der Waals surface area contributed by atoms with Gasteiger partial charge in [-0.3, -0.25) is 19.7 Å². The number of rotatable bonds is 4. The second-order valence-electron chi connectivity index (χ2n) is 4.73. The molecule has 1 saturated heterocycles. The summed E-state index contributed by atoms with van der Waals surface area (Å²) >= 11 is 0. The number of imide groups is 1. The maximum absolute atomic E-state index is 12.1. The van der Waals surface area contributed by atoms with Gasteiger partial charge in [0.25, 0.3) is 11.8 Å². The van der Waals surface area contributed by atoms with Crippen LogP contribution in [0, 0.1) is 0 Å². The SMILES string of the molecule is CC=C/C(=C\CC)C(=O)NC1(C)CCC(=O)NC1=O. The van der Waals surface area contributed by atoms with Crippen LogP contribution in [0.25, 0.3) is 0 Å². The van der Waals surface area contributed by atoms with E-state index >= 15 is 0 Å². The Balaban J connectivity index is 2.82. The van der Waals surface area contributed by atoms with E-state index < -0.39 is 11.4 Å². The maximum atomic E-state index is 12.1. The first-order valence-electron chi connectivity index (χ1n) is 6.42. The molecule has 1 atom stereocenters. The molecule has 0 aromatic heterocycles. The highest BCUT2D eigenvalue weighted by atomic mass is 16.2. The first-order valence-corrected chi connectivity index (χ1v) is 6.42. The maximum Gasteiger partial charge on any atom is 0.252 e. The molecule has 0 aromatic carbocycles. The fraction of sp³-hybridized carbons (Fsp3) is 0.500. The number of amides is 3. The highest BCUT2D eigenvalue weighted by Gasteiger charge is 2.39. The Morgan fingerprint density at radius 1 is 1.47 bits per heavy atom. The molecule has 19 heavy (non-hydrogen) atoms. The van der Waals surface area contributed by atoms with Gasteiger partial charge in [-0.15, -0.1) is 0 Å². The van der Waals surface area contributed by atoms with Gasteiger partial charge in [-0.2, -0.15) is 0 Å². The Kier molecular flexibility index (Phi) is 5.03. The Morgan fingerprint density at radius 3 is 2.68 bits per heavy atom. The van der Waals surface area contributed by atoms with Gasteiger partial charge in [0.15, 0.2) is 0 Å². The monoisotopic (exact) mass is 264 g/mol. The van der Waals surface area contributed by atoms with Crippen molar-refractivity contribution in [2.45, 2.75) is 45.6 Å². The molecule has 1 fully saturated rings. The lowest BCUT2D eigenvalue weighted by atomic mass is 9.90. The summed E-state index contributed by atoms with van der Waals surface area (Å²) in [7, 11) is 0. The van der Waals surface area contributed by atoms with Gasteiger partial charge in [0.2, 0.25) is 5.91 Å². The molecule has 1 aliphatic rings. The molecule has 5 heteroatoms. The predicted molar refractivity (Wildman–Crippen MR) is 72.1 cm³/mol. The van der Waals surface area contributed by atoms with E-state index in [0.717, 1.165) is 6.42 Å². The van der Waals surface area contributed by atoms with Crippen molar-refractivity contribution in [3.63, 3.8) is 0 Å². The van der Waals surface area contributed by atoms with Crippen molar-refractivity contribution in [2.24, 2.45) is 0 Å². The predicted octanol–water partition coefficient (Wildman–Crippen LogP) is 1.21. The van der Waals surface area contributed by atoms with Crippen LogP contribution in [-0.2, 0) is 14.4 Å². The summed E-state index contributed by atoms with van der Waals surface area (Å²) in [5.41, 5.74) is -0.504. The molecule has 1 aliphatic heterocycles. The lowest BCUT2D eigenvalue weighted by Gasteiger charge is -2.32. The van der Waals surface area contributed by atoms with Crippen molar-refractivity contribution in [1.82, 2.24) is 10.6 Å². The van der Waals surface area contributed by atoms with E-state index in [2.05, 4.69) is 10.6 Å². The number of carbonyl (C=O) groups is 3. The fourth-order valence-corrected chi connectivity index (χ4v) is 1.88. The zero-order valence-electron chi connectivity index (χ0n) is 11.6. The number of carbonyl (C=O) groups excluding carboxylic acids is 3. The van der Waals surface area contributed by atoms with Crippen LogP contribution in [0.3, 0.4) is 0 Å².